The molecule has 3 heterocycles. The first-order chi connectivity index (χ1) is 11.7. The third-order valence-electron chi connectivity index (χ3n) is 3.40. The van der Waals surface area contributed by atoms with Gasteiger partial charge >= 0.3 is 0 Å². The molecule has 0 aliphatic rings. The van der Waals surface area contributed by atoms with Crippen molar-refractivity contribution in [3.63, 3.8) is 0 Å². The van der Waals surface area contributed by atoms with Crippen molar-refractivity contribution in [2.24, 2.45) is 5.73 Å². The molecule has 0 aliphatic heterocycles. The lowest BCUT2D eigenvalue weighted by molar-refractivity contribution is 0.0954. The Labute approximate surface area is 143 Å². The van der Waals surface area contributed by atoms with E-state index < -0.39 is 0 Å². The Balaban J connectivity index is 1.72. The van der Waals surface area contributed by atoms with Gasteiger partial charge in [-0.3, -0.25) is 14.5 Å². The van der Waals surface area contributed by atoms with Gasteiger partial charge in [0.15, 0.2) is 0 Å². The Bertz CT molecular complexity index is 826. The molecule has 3 aromatic rings. The van der Waals surface area contributed by atoms with E-state index in [1.54, 1.807) is 17.1 Å². The van der Waals surface area contributed by atoms with Gasteiger partial charge in [-0.2, -0.15) is 5.10 Å². The van der Waals surface area contributed by atoms with Crippen LogP contribution in [0.4, 0.5) is 0 Å². The number of carbonyl (C=O) groups excluding carboxylic acids is 1. The van der Waals surface area contributed by atoms with E-state index >= 15 is 0 Å². The quantitative estimate of drug-likeness (QED) is 0.709. The third kappa shape index (κ3) is 3.66. The highest BCUT2D eigenvalue weighted by molar-refractivity contribution is 7.17. The van der Waals surface area contributed by atoms with E-state index in [1.807, 2.05) is 31.3 Å². The summed E-state index contributed by atoms with van der Waals surface area (Å²) in [6.07, 6.45) is 5.30. The Hall–Kier alpha value is -2.58. The van der Waals surface area contributed by atoms with Gasteiger partial charge in [-0.15, -0.1) is 11.3 Å². The van der Waals surface area contributed by atoms with Crippen LogP contribution >= 0.6 is 11.3 Å². The lowest BCUT2D eigenvalue weighted by atomic mass is 10.3. The van der Waals surface area contributed by atoms with Crippen LogP contribution < -0.4 is 11.1 Å². The number of carbonyl (C=O) groups is 1. The zero-order valence-electron chi connectivity index (χ0n) is 13.3. The minimum absolute atomic E-state index is 0.138. The van der Waals surface area contributed by atoms with Crippen LogP contribution in [-0.2, 0) is 13.1 Å². The van der Waals surface area contributed by atoms with Crippen LogP contribution in [-0.4, -0.2) is 32.2 Å². The van der Waals surface area contributed by atoms with Crippen molar-refractivity contribution in [3.8, 4) is 10.7 Å². The zero-order valence-corrected chi connectivity index (χ0v) is 14.1. The predicted octanol–water partition coefficient (Wildman–Crippen LogP) is 1.60. The topological polar surface area (TPSA) is 98.7 Å². The van der Waals surface area contributed by atoms with Gasteiger partial charge in [0, 0.05) is 31.7 Å². The number of nitrogens with one attached hydrogen (secondary N) is 1. The zero-order chi connectivity index (χ0) is 16.9. The molecule has 0 aliphatic carbocycles. The number of aromatic nitrogens is 4. The number of nitrogens with two attached hydrogens (primary N) is 1. The second-order valence-corrected chi connectivity index (χ2v) is 6.23. The fourth-order valence-electron chi connectivity index (χ4n) is 2.21. The Morgan fingerprint density at radius 2 is 2.29 bits per heavy atom. The number of aryl methyl sites for hydroxylation is 1. The van der Waals surface area contributed by atoms with Crippen LogP contribution in [0.2, 0.25) is 0 Å². The number of hydrogen-bond donors (Lipinski definition) is 2. The van der Waals surface area contributed by atoms with E-state index in [-0.39, 0.29) is 5.91 Å². The molecule has 7 nitrogen and oxygen atoms in total. The van der Waals surface area contributed by atoms with Gasteiger partial charge in [0.25, 0.3) is 5.91 Å². The molecule has 124 valence electrons. The highest BCUT2D eigenvalue weighted by Crippen LogP contribution is 2.26. The summed E-state index contributed by atoms with van der Waals surface area (Å²) < 4.78 is 1.77. The number of nitrogens with zero attached hydrogens (tertiary/aromatic N) is 4. The van der Waals surface area contributed by atoms with Crippen molar-refractivity contribution >= 4 is 17.2 Å². The normalized spacial score (nSPS) is 10.8. The average Bonchev–Trinajstić information content (AvgIpc) is 3.21. The van der Waals surface area contributed by atoms with Gasteiger partial charge in [0.1, 0.15) is 15.6 Å². The minimum atomic E-state index is -0.138. The molecular formula is C16H18N6OS. The van der Waals surface area contributed by atoms with Gasteiger partial charge in [-0.05, 0) is 24.6 Å². The molecule has 0 unspecified atom stereocenters. The molecule has 3 aromatic heterocycles. The van der Waals surface area contributed by atoms with Crippen molar-refractivity contribution < 1.29 is 4.79 Å². The van der Waals surface area contributed by atoms with Gasteiger partial charge < -0.3 is 11.1 Å². The number of amides is 1. The van der Waals surface area contributed by atoms with Crippen molar-refractivity contribution in [1.29, 1.82) is 0 Å². The van der Waals surface area contributed by atoms with Crippen LogP contribution in [0.15, 0.2) is 36.8 Å². The predicted molar refractivity (Wildman–Crippen MR) is 92.5 cm³/mol. The van der Waals surface area contributed by atoms with E-state index in [2.05, 4.69) is 20.4 Å². The molecule has 3 N–H and O–H groups in total. The van der Waals surface area contributed by atoms with Gasteiger partial charge in [-0.25, -0.2) is 4.98 Å². The second kappa shape index (κ2) is 7.33. The van der Waals surface area contributed by atoms with Gasteiger partial charge in [0.2, 0.25) is 0 Å². The maximum atomic E-state index is 12.4. The molecule has 1 amide bonds. The lowest BCUT2D eigenvalue weighted by Crippen LogP contribution is -2.22. The van der Waals surface area contributed by atoms with Crippen molar-refractivity contribution in [2.75, 3.05) is 6.54 Å². The molecule has 0 saturated carbocycles. The van der Waals surface area contributed by atoms with E-state index in [0.29, 0.717) is 30.2 Å². The second-order valence-electron chi connectivity index (χ2n) is 5.23. The first kappa shape index (κ1) is 16.3. The fourth-order valence-corrected chi connectivity index (χ4v) is 3.16. The summed E-state index contributed by atoms with van der Waals surface area (Å²) in [4.78, 5) is 21.5. The molecule has 0 bridgehead atoms. The first-order valence-electron chi connectivity index (χ1n) is 7.56. The van der Waals surface area contributed by atoms with Crippen molar-refractivity contribution in [3.05, 3.63) is 52.9 Å². The molecule has 24 heavy (non-hydrogen) atoms. The minimum Gasteiger partial charge on any atom is -0.347 e. The monoisotopic (exact) mass is 342 g/mol. The van der Waals surface area contributed by atoms with E-state index in [0.717, 1.165) is 16.3 Å². The highest BCUT2D eigenvalue weighted by Gasteiger charge is 2.17. The highest BCUT2D eigenvalue weighted by atomic mass is 32.1. The summed E-state index contributed by atoms with van der Waals surface area (Å²) in [5, 5.41) is 8.05. The van der Waals surface area contributed by atoms with Crippen LogP contribution in [0.5, 0.6) is 0 Å². The molecule has 0 spiro atoms. The largest absolute Gasteiger partial charge is 0.347 e. The number of pyridine rings is 1. The Morgan fingerprint density at radius 1 is 1.42 bits per heavy atom. The molecule has 0 radical (unpaired) electrons. The molecule has 0 fully saturated rings. The smallest absolute Gasteiger partial charge is 0.263 e. The number of hydrogen-bond acceptors (Lipinski definition) is 6. The van der Waals surface area contributed by atoms with Crippen LogP contribution in [0.1, 0.15) is 20.9 Å². The third-order valence-corrected chi connectivity index (χ3v) is 4.58. The average molecular weight is 342 g/mol. The van der Waals surface area contributed by atoms with E-state index in [1.165, 1.54) is 11.3 Å². The number of rotatable bonds is 6. The Morgan fingerprint density at radius 3 is 3.04 bits per heavy atom. The summed E-state index contributed by atoms with van der Waals surface area (Å²) in [5.74, 6) is -0.138. The summed E-state index contributed by atoms with van der Waals surface area (Å²) >= 11 is 1.34. The molecule has 3 rings (SSSR count). The maximum Gasteiger partial charge on any atom is 0.263 e. The van der Waals surface area contributed by atoms with Crippen LogP contribution in [0.25, 0.3) is 10.7 Å². The maximum absolute atomic E-state index is 12.4. The Kier molecular flexibility index (Phi) is 4.97. The standard InChI is InChI=1S/C16H18N6OS/c1-11-14(15(23)19-10-12-3-2-6-18-9-12)24-16(20-11)13-4-7-22(21-13)8-5-17/h2-4,6-7,9H,5,8,10,17H2,1H3,(H,19,23). The van der Waals surface area contributed by atoms with Crippen LogP contribution in [0, 0.1) is 6.92 Å². The summed E-state index contributed by atoms with van der Waals surface area (Å²) in [6.45, 7) is 3.45. The summed E-state index contributed by atoms with van der Waals surface area (Å²) in [6, 6.07) is 5.64. The number of thiazole rings is 1. The van der Waals surface area contributed by atoms with Crippen LogP contribution in [0.3, 0.4) is 0 Å². The van der Waals surface area contributed by atoms with Gasteiger partial charge in [0.05, 0.1) is 12.2 Å². The van der Waals surface area contributed by atoms with E-state index in [9.17, 15) is 4.79 Å². The van der Waals surface area contributed by atoms with E-state index in [4.69, 9.17) is 5.73 Å². The first-order valence-corrected chi connectivity index (χ1v) is 8.37. The summed E-state index contributed by atoms with van der Waals surface area (Å²) in [7, 11) is 0. The molecule has 0 atom stereocenters. The van der Waals surface area contributed by atoms with Gasteiger partial charge in [-0.1, -0.05) is 6.07 Å². The van der Waals surface area contributed by atoms with Crippen molar-refractivity contribution in [2.45, 2.75) is 20.0 Å². The lowest BCUT2D eigenvalue weighted by Gasteiger charge is -2.03. The summed E-state index contributed by atoms with van der Waals surface area (Å²) in [5.41, 5.74) is 7.93. The molecule has 0 aromatic carbocycles. The molecule has 8 heteroatoms. The molecule has 0 saturated heterocycles. The van der Waals surface area contributed by atoms with Crippen molar-refractivity contribution in [1.82, 2.24) is 25.1 Å². The fraction of sp³-hybridized carbons (Fsp3) is 0.250. The SMILES string of the molecule is Cc1nc(-c2ccn(CCN)n2)sc1C(=O)NCc1cccnc1. The molecular weight excluding hydrogens is 324 g/mol.